The number of likely N-dealkylation sites (N-methyl/N-ethyl adjacent to an activating group) is 1. The van der Waals surface area contributed by atoms with E-state index in [-0.39, 0.29) is 12.6 Å². The smallest absolute Gasteiger partial charge is 0.129 e. The van der Waals surface area contributed by atoms with Crippen molar-refractivity contribution in [3.8, 4) is 0 Å². The van der Waals surface area contributed by atoms with Crippen LogP contribution >= 0.6 is 0 Å². The van der Waals surface area contributed by atoms with Gasteiger partial charge in [0, 0.05) is 19.3 Å². The van der Waals surface area contributed by atoms with E-state index < -0.39 is 0 Å². The Balaban J connectivity index is 3.11. The van der Waals surface area contributed by atoms with Gasteiger partial charge in [-0.05, 0) is 37.5 Å². The Kier molecular flexibility index (Phi) is 6.25. The van der Waals surface area contributed by atoms with Crippen LogP contribution in [0.5, 0.6) is 0 Å². The first-order chi connectivity index (χ1) is 9.03. The molecule has 1 aromatic rings. The van der Waals surface area contributed by atoms with Gasteiger partial charge in [-0.15, -0.1) is 0 Å². The highest BCUT2D eigenvalue weighted by atomic mass is 16.5. The summed E-state index contributed by atoms with van der Waals surface area (Å²) in [6, 6.07) is 4.20. The number of nitrogens with zero attached hydrogens (tertiary/aromatic N) is 2. The van der Waals surface area contributed by atoms with Crippen molar-refractivity contribution >= 4 is 5.82 Å². The van der Waals surface area contributed by atoms with Gasteiger partial charge in [-0.2, -0.15) is 0 Å². The Morgan fingerprint density at radius 2 is 2.00 bits per heavy atom. The molecule has 0 aliphatic heterocycles. The monoisotopic (exact) mass is 266 g/mol. The fourth-order valence-electron chi connectivity index (χ4n) is 2.16. The number of hydrogen-bond acceptors (Lipinski definition) is 4. The summed E-state index contributed by atoms with van der Waals surface area (Å²) in [7, 11) is 1.71. The minimum atomic E-state index is 0.0471. The quantitative estimate of drug-likeness (QED) is 0.824. The Morgan fingerprint density at radius 3 is 2.47 bits per heavy atom. The van der Waals surface area contributed by atoms with Crippen LogP contribution in [0.4, 0.5) is 5.82 Å². The summed E-state index contributed by atoms with van der Waals surface area (Å²) < 4.78 is 5.22. The molecular weight excluding hydrogens is 240 g/mol. The maximum absolute atomic E-state index is 9.39. The van der Waals surface area contributed by atoms with Crippen LogP contribution in [-0.4, -0.2) is 36.4 Å². The van der Waals surface area contributed by atoms with Gasteiger partial charge in [-0.1, -0.05) is 13.8 Å². The molecule has 0 aliphatic rings. The average Bonchev–Trinajstić information content (AvgIpc) is 2.39. The summed E-state index contributed by atoms with van der Waals surface area (Å²) in [5, 5.41) is 9.39. The van der Waals surface area contributed by atoms with Gasteiger partial charge in [0.2, 0.25) is 0 Å². The van der Waals surface area contributed by atoms with Gasteiger partial charge in [0.05, 0.1) is 19.3 Å². The zero-order valence-electron chi connectivity index (χ0n) is 12.7. The maximum Gasteiger partial charge on any atom is 0.129 e. The Bertz CT molecular complexity index is 394. The molecule has 0 amide bonds. The van der Waals surface area contributed by atoms with Crippen LogP contribution in [0.3, 0.4) is 0 Å². The minimum Gasteiger partial charge on any atom is -0.392 e. The molecule has 4 nitrogen and oxygen atoms in total. The van der Waals surface area contributed by atoms with E-state index in [0.717, 1.165) is 23.6 Å². The molecule has 0 fully saturated rings. The van der Waals surface area contributed by atoms with Crippen molar-refractivity contribution < 1.29 is 9.84 Å². The minimum absolute atomic E-state index is 0.0471. The molecule has 0 spiro atoms. The van der Waals surface area contributed by atoms with E-state index in [1.54, 1.807) is 7.11 Å². The first-order valence-electron chi connectivity index (χ1n) is 6.90. The second-order valence-electron chi connectivity index (χ2n) is 5.16. The van der Waals surface area contributed by atoms with Crippen LogP contribution in [-0.2, 0) is 11.3 Å². The van der Waals surface area contributed by atoms with Gasteiger partial charge in [0.25, 0.3) is 0 Å². The van der Waals surface area contributed by atoms with Gasteiger partial charge in [-0.3, -0.25) is 0 Å². The molecule has 1 atom stereocenters. The predicted octanol–water partition coefficient (Wildman–Crippen LogP) is 2.56. The van der Waals surface area contributed by atoms with Gasteiger partial charge in [0.15, 0.2) is 0 Å². The van der Waals surface area contributed by atoms with E-state index in [4.69, 9.17) is 9.72 Å². The molecule has 1 unspecified atom stereocenters. The number of rotatable bonds is 7. The van der Waals surface area contributed by atoms with Gasteiger partial charge in [0.1, 0.15) is 5.82 Å². The van der Waals surface area contributed by atoms with Crippen molar-refractivity contribution in [3.05, 3.63) is 23.4 Å². The summed E-state index contributed by atoms with van der Waals surface area (Å²) in [4.78, 5) is 6.92. The Morgan fingerprint density at radius 1 is 1.32 bits per heavy atom. The third-order valence-corrected chi connectivity index (χ3v) is 3.24. The molecule has 1 rings (SSSR count). The van der Waals surface area contributed by atoms with Crippen molar-refractivity contribution in [1.82, 2.24) is 4.98 Å². The predicted molar refractivity (Wildman–Crippen MR) is 78.6 cm³/mol. The fourth-order valence-corrected chi connectivity index (χ4v) is 2.16. The molecule has 0 bridgehead atoms. The van der Waals surface area contributed by atoms with E-state index in [1.807, 2.05) is 12.1 Å². The molecule has 108 valence electrons. The van der Waals surface area contributed by atoms with Gasteiger partial charge >= 0.3 is 0 Å². The van der Waals surface area contributed by atoms with Crippen LogP contribution < -0.4 is 4.90 Å². The first kappa shape index (κ1) is 15.9. The summed E-state index contributed by atoms with van der Waals surface area (Å²) >= 11 is 0. The largest absolute Gasteiger partial charge is 0.392 e. The number of methoxy groups -OCH3 is 1. The van der Waals surface area contributed by atoms with E-state index in [2.05, 4.69) is 32.6 Å². The van der Waals surface area contributed by atoms with Crippen LogP contribution in [0.1, 0.15) is 44.9 Å². The first-order valence-corrected chi connectivity index (χ1v) is 6.90. The lowest BCUT2D eigenvalue weighted by molar-refractivity contribution is 0.181. The van der Waals surface area contributed by atoms with E-state index in [0.29, 0.717) is 12.5 Å². The number of ether oxygens (including phenoxy) is 1. The average molecular weight is 266 g/mol. The van der Waals surface area contributed by atoms with Gasteiger partial charge in [-0.25, -0.2) is 4.98 Å². The molecule has 0 aliphatic carbocycles. The summed E-state index contributed by atoms with van der Waals surface area (Å²) in [5.41, 5.74) is 1.93. The third kappa shape index (κ3) is 4.18. The van der Waals surface area contributed by atoms with Crippen molar-refractivity contribution in [2.45, 2.75) is 46.3 Å². The lowest BCUT2D eigenvalue weighted by atomic mass is 10.1. The summed E-state index contributed by atoms with van der Waals surface area (Å²) in [5.74, 6) is 1.27. The Hall–Kier alpha value is -1.13. The molecule has 4 heteroatoms. The molecule has 0 radical (unpaired) electrons. The van der Waals surface area contributed by atoms with Crippen LogP contribution in [0.2, 0.25) is 0 Å². The number of pyridine rings is 1. The maximum atomic E-state index is 9.39. The lowest BCUT2D eigenvalue weighted by Gasteiger charge is -2.29. The van der Waals surface area contributed by atoms with E-state index >= 15 is 0 Å². The lowest BCUT2D eigenvalue weighted by Crippen LogP contribution is -2.37. The fraction of sp³-hybridized carbons (Fsp3) is 0.667. The zero-order chi connectivity index (χ0) is 14.4. The number of hydrogen-bond donors (Lipinski definition) is 1. The highest BCUT2D eigenvalue weighted by Crippen LogP contribution is 2.22. The molecule has 1 aromatic heterocycles. The van der Waals surface area contributed by atoms with Crippen LogP contribution in [0.15, 0.2) is 12.1 Å². The number of aromatic nitrogens is 1. The molecule has 1 heterocycles. The summed E-state index contributed by atoms with van der Waals surface area (Å²) in [6.45, 7) is 10.0. The highest BCUT2D eigenvalue weighted by molar-refractivity contribution is 5.44. The molecule has 19 heavy (non-hydrogen) atoms. The second kappa shape index (κ2) is 7.46. The van der Waals surface area contributed by atoms with Crippen LogP contribution in [0, 0.1) is 0 Å². The highest BCUT2D eigenvalue weighted by Gasteiger charge is 2.16. The summed E-state index contributed by atoms with van der Waals surface area (Å²) in [6.07, 6.45) is 0. The SMILES string of the molecule is CCN(c1cc(CO)cc(C(C)C)n1)C(C)COC. The zero-order valence-corrected chi connectivity index (χ0v) is 12.7. The Labute approximate surface area is 116 Å². The second-order valence-corrected chi connectivity index (χ2v) is 5.16. The normalized spacial score (nSPS) is 12.8. The van der Waals surface area contributed by atoms with Gasteiger partial charge < -0.3 is 14.7 Å². The van der Waals surface area contributed by atoms with Crippen molar-refractivity contribution in [2.24, 2.45) is 0 Å². The van der Waals surface area contributed by atoms with E-state index in [9.17, 15) is 5.11 Å². The molecule has 1 N–H and O–H groups in total. The van der Waals surface area contributed by atoms with E-state index in [1.165, 1.54) is 0 Å². The number of anilines is 1. The van der Waals surface area contributed by atoms with Crippen molar-refractivity contribution in [2.75, 3.05) is 25.2 Å². The molecule has 0 saturated heterocycles. The number of aliphatic hydroxyl groups is 1. The van der Waals surface area contributed by atoms with Crippen molar-refractivity contribution in [3.63, 3.8) is 0 Å². The topological polar surface area (TPSA) is 45.6 Å². The van der Waals surface area contributed by atoms with Crippen molar-refractivity contribution in [1.29, 1.82) is 0 Å². The molecule has 0 aromatic carbocycles. The standard InChI is InChI=1S/C15H26N2O2/c1-6-17(12(4)10-19-5)15-8-13(9-18)7-14(16-15)11(2)3/h7-8,11-12,18H,6,9-10H2,1-5H3. The third-order valence-electron chi connectivity index (χ3n) is 3.24. The number of aliphatic hydroxyl groups excluding tert-OH is 1. The molecular formula is C15H26N2O2. The molecule has 0 saturated carbocycles. The van der Waals surface area contributed by atoms with Crippen LogP contribution in [0.25, 0.3) is 0 Å².